The summed E-state index contributed by atoms with van der Waals surface area (Å²) < 4.78 is 4.90. The molecule has 0 saturated carbocycles. The van der Waals surface area contributed by atoms with Crippen molar-refractivity contribution < 1.29 is 14.3 Å². The van der Waals surface area contributed by atoms with Gasteiger partial charge in [0.2, 0.25) is 0 Å². The van der Waals surface area contributed by atoms with Crippen LogP contribution in [0.2, 0.25) is 0 Å². The zero-order valence-electron chi connectivity index (χ0n) is 18.9. The van der Waals surface area contributed by atoms with Gasteiger partial charge in [-0.15, -0.1) is 0 Å². The zero-order valence-corrected chi connectivity index (χ0v) is 18.9. The van der Waals surface area contributed by atoms with Gasteiger partial charge in [-0.25, -0.2) is 9.78 Å². The molecular weight excluding hydrogens is 404 g/mol. The molecule has 0 bridgehead atoms. The van der Waals surface area contributed by atoms with E-state index in [4.69, 9.17) is 4.74 Å². The van der Waals surface area contributed by atoms with E-state index in [-0.39, 0.29) is 11.8 Å². The van der Waals surface area contributed by atoms with Gasteiger partial charge in [-0.2, -0.15) is 0 Å². The number of rotatable bonds is 9. The molecule has 2 aromatic carbocycles. The molecule has 0 saturated heterocycles. The minimum absolute atomic E-state index is 0.226. The van der Waals surface area contributed by atoms with Crippen molar-refractivity contribution in [3.8, 4) is 11.1 Å². The summed E-state index contributed by atoms with van der Waals surface area (Å²) in [6.45, 7) is 6.59. The number of esters is 1. The first kappa shape index (κ1) is 23.1. The number of methoxy groups -OCH3 is 1. The second-order valence-electron chi connectivity index (χ2n) is 8.18. The maximum absolute atomic E-state index is 13.3. The lowest BCUT2D eigenvalue weighted by atomic mass is 9.94. The first-order chi connectivity index (χ1) is 15.4. The monoisotopic (exact) mass is 434 g/mol. The molecular formula is C25H30N4O3. The molecule has 0 spiro atoms. The van der Waals surface area contributed by atoms with Crippen molar-refractivity contribution in [2.24, 2.45) is 5.92 Å². The van der Waals surface area contributed by atoms with E-state index >= 15 is 0 Å². The van der Waals surface area contributed by atoms with Crippen LogP contribution in [-0.2, 0) is 16.1 Å². The second-order valence-corrected chi connectivity index (χ2v) is 8.18. The fourth-order valence-electron chi connectivity index (χ4n) is 3.59. The molecule has 0 radical (unpaired) electrons. The third-order valence-electron chi connectivity index (χ3n) is 5.24. The summed E-state index contributed by atoms with van der Waals surface area (Å²) in [7, 11) is 1.33. The summed E-state index contributed by atoms with van der Waals surface area (Å²) in [5.74, 6) is -0.522. The Balaban J connectivity index is 1.93. The van der Waals surface area contributed by atoms with Crippen molar-refractivity contribution in [2.75, 3.05) is 12.4 Å². The van der Waals surface area contributed by atoms with Gasteiger partial charge in [-0.1, -0.05) is 38.1 Å². The first-order valence-corrected chi connectivity index (χ1v) is 10.7. The Labute approximate surface area is 188 Å². The number of aryl methyl sites for hydroxylation is 1. The molecule has 0 unspecified atom stereocenters. The number of imidazole rings is 1. The number of aromatic nitrogens is 2. The standard InChI is InChI=1S/C25H30N4O3/c1-16(2)11-23(25(31)32-4)29-24(30)21-10-9-18(27-14-19-13-26-15-28-19)12-22(21)20-8-6-5-7-17(20)3/h5-10,12-13,15-16,23,27H,11,14H2,1-4H3,(H,26,28)(H,29,30)/t23-/m0/s1. The van der Waals surface area contributed by atoms with Crippen LogP contribution >= 0.6 is 0 Å². The fraction of sp³-hybridized carbons (Fsp3) is 0.320. The number of hydrogen-bond acceptors (Lipinski definition) is 5. The number of nitrogens with zero attached hydrogens (tertiary/aromatic N) is 1. The summed E-state index contributed by atoms with van der Waals surface area (Å²) in [6.07, 6.45) is 3.90. The van der Waals surface area contributed by atoms with Crippen molar-refractivity contribution in [1.29, 1.82) is 0 Å². The first-order valence-electron chi connectivity index (χ1n) is 10.7. The molecule has 3 N–H and O–H groups in total. The highest BCUT2D eigenvalue weighted by atomic mass is 16.5. The van der Waals surface area contributed by atoms with Gasteiger partial charge in [-0.3, -0.25) is 4.79 Å². The van der Waals surface area contributed by atoms with Gasteiger partial charge >= 0.3 is 5.97 Å². The minimum Gasteiger partial charge on any atom is -0.467 e. The average Bonchev–Trinajstić information content (AvgIpc) is 3.30. The third-order valence-corrected chi connectivity index (χ3v) is 5.24. The summed E-state index contributed by atoms with van der Waals surface area (Å²) in [5, 5.41) is 6.23. The number of H-pyrrole nitrogens is 1. The van der Waals surface area contributed by atoms with Gasteiger partial charge < -0.3 is 20.4 Å². The van der Waals surface area contributed by atoms with Crippen molar-refractivity contribution in [3.63, 3.8) is 0 Å². The summed E-state index contributed by atoms with van der Waals surface area (Å²) in [4.78, 5) is 32.6. The van der Waals surface area contributed by atoms with Crippen LogP contribution in [0.3, 0.4) is 0 Å². The predicted octanol–water partition coefficient (Wildman–Crippen LogP) is 4.31. The Kier molecular flexibility index (Phi) is 7.65. The molecule has 7 heteroatoms. The van der Waals surface area contributed by atoms with Crippen LogP contribution in [0.5, 0.6) is 0 Å². The van der Waals surface area contributed by atoms with Crippen molar-refractivity contribution in [3.05, 3.63) is 71.8 Å². The van der Waals surface area contributed by atoms with E-state index in [0.717, 1.165) is 28.1 Å². The lowest BCUT2D eigenvalue weighted by molar-refractivity contribution is -0.143. The number of amides is 1. The Morgan fingerprint density at radius 2 is 1.91 bits per heavy atom. The number of carbonyl (C=O) groups excluding carboxylic acids is 2. The summed E-state index contributed by atoms with van der Waals surface area (Å²) in [5.41, 5.74) is 5.15. The van der Waals surface area contributed by atoms with Crippen LogP contribution in [0.1, 0.15) is 41.9 Å². The van der Waals surface area contributed by atoms with Crippen molar-refractivity contribution in [2.45, 2.75) is 39.8 Å². The summed E-state index contributed by atoms with van der Waals surface area (Å²) >= 11 is 0. The van der Waals surface area contributed by atoms with Crippen LogP contribution in [0.4, 0.5) is 5.69 Å². The van der Waals surface area contributed by atoms with E-state index in [2.05, 4.69) is 20.6 Å². The zero-order chi connectivity index (χ0) is 23.1. The van der Waals surface area contributed by atoms with Gasteiger partial charge in [-0.05, 0) is 54.2 Å². The highest BCUT2D eigenvalue weighted by Gasteiger charge is 2.25. The van der Waals surface area contributed by atoms with E-state index < -0.39 is 12.0 Å². The van der Waals surface area contributed by atoms with Crippen molar-refractivity contribution >= 4 is 17.6 Å². The molecule has 1 amide bonds. The largest absolute Gasteiger partial charge is 0.467 e. The van der Waals surface area contributed by atoms with E-state index in [0.29, 0.717) is 18.5 Å². The molecule has 168 valence electrons. The molecule has 1 atom stereocenters. The molecule has 7 nitrogen and oxygen atoms in total. The Morgan fingerprint density at radius 1 is 1.12 bits per heavy atom. The number of hydrogen-bond donors (Lipinski definition) is 3. The lowest BCUT2D eigenvalue weighted by Gasteiger charge is -2.20. The van der Waals surface area contributed by atoms with E-state index in [1.165, 1.54) is 7.11 Å². The van der Waals surface area contributed by atoms with E-state index in [1.54, 1.807) is 18.6 Å². The maximum Gasteiger partial charge on any atom is 0.328 e. The number of anilines is 1. The van der Waals surface area contributed by atoms with Gasteiger partial charge in [0.25, 0.3) is 5.91 Å². The van der Waals surface area contributed by atoms with Gasteiger partial charge in [0.15, 0.2) is 0 Å². The topological polar surface area (TPSA) is 96.1 Å². The van der Waals surface area contributed by atoms with Crippen molar-refractivity contribution in [1.82, 2.24) is 15.3 Å². The number of benzene rings is 2. The van der Waals surface area contributed by atoms with Crippen LogP contribution < -0.4 is 10.6 Å². The van der Waals surface area contributed by atoms with Gasteiger partial charge in [0.1, 0.15) is 6.04 Å². The maximum atomic E-state index is 13.3. The van der Waals surface area contributed by atoms with E-state index in [9.17, 15) is 9.59 Å². The molecule has 0 aliphatic rings. The Morgan fingerprint density at radius 3 is 2.56 bits per heavy atom. The van der Waals surface area contributed by atoms with Crippen LogP contribution in [0.15, 0.2) is 55.0 Å². The van der Waals surface area contributed by atoms with Crippen LogP contribution in [-0.4, -0.2) is 35.0 Å². The molecule has 0 aliphatic carbocycles. The predicted molar refractivity (Wildman–Crippen MR) is 125 cm³/mol. The highest BCUT2D eigenvalue weighted by molar-refractivity contribution is 6.03. The number of carbonyl (C=O) groups is 2. The lowest BCUT2D eigenvalue weighted by Crippen LogP contribution is -2.42. The van der Waals surface area contributed by atoms with Crippen LogP contribution in [0.25, 0.3) is 11.1 Å². The molecule has 0 fully saturated rings. The number of ether oxygens (including phenoxy) is 1. The Hall–Kier alpha value is -3.61. The molecule has 3 rings (SSSR count). The van der Waals surface area contributed by atoms with E-state index in [1.807, 2.05) is 57.2 Å². The molecule has 1 heterocycles. The fourth-order valence-corrected chi connectivity index (χ4v) is 3.59. The minimum atomic E-state index is -0.699. The van der Waals surface area contributed by atoms with Crippen LogP contribution in [0, 0.1) is 12.8 Å². The summed E-state index contributed by atoms with van der Waals surface area (Å²) in [6, 6.07) is 12.8. The molecule has 32 heavy (non-hydrogen) atoms. The molecule has 0 aliphatic heterocycles. The SMILES string of the molecule is COC(=O)[C@H](CC(C)C)NC(=O)c1ccc(NCc2cnc[nH]2)cc1-c1ccccc1C. The smallest absolute Gasteiger partial charge is 0.328 e. The second kappa shape index (κ2) is 10.6. The average molecular weight is 435 g/mol. The molecule has 3 aromatic rings. The third kappa shape index (κ3) is 5.75. The normalized spacial score (nSPS) is 11.8. The highest BCUT2D eigenvalue weighted by Crippen LogP contribution is 2.30. The number of nitrogens with one attached hydrogen (secondary N) is 3. The molecule has 1 aromatic heterocycles. The van der Waals surface area contributed by atoms with Gasteiger partial charge in [0, 0.05) is 17.4 Å². The van der Waals surface area contributed by atoms with Gasteiger partial charge in [0.05, 0.1) is 25.7 Å². The quantitative estimate of drug-likeness (QED) is 0.436. The number of aromatic amines is 1. The Bertz CT molecular complexity index is 1060.